The maximum Gasteiger partial charge on any atom is 0.216 e. The zero-order valence-electron chi connectivity index (χ0n) is 13.5. The summed E-state index contributed by atoms with van der Waals surface area (Å²) in [5.41, 5.74) is 5.46. The lowest BCUT2D eigenvalue weighted by Crippen LogP contribution is -2.04. The molecule has 0 radical (unpaired) electrons. The molecule has 0 bridgehead atoms. The maximum atomic E-state index is 5.46. The van der Waals surface area contributed by atoms with Crippen LogP contribution in [-0.2, 0) is 0 Å². The summed E-state index contributed by atoms with van der Waals surface area (Å²) in [6.45, 7) is 0.521. The second-order valence-corrected chi connectivity index (χ2v) is 6.45. The Labute approximate surface area is 127 Å². The van der Waals surface area contributed by atoms with Crippen LogP contribution in [0.2, 0.25) is 5.82 Å². The van der Waals surface area contributed by atoms with Crippen molar-refractivity contribution in [2.75, 3.05) is 6.54 Å². The van der Waals surface area contributed by atoms with Crippen LogP contribution in [0, 0.1) is 11.7 Å². The van der Waals surface area contributed by atoms with Crippen molar-refractivity contribution in [2.45, 2.75) is 95.7 Å². The Morgan fingerprint density at radius 1 is 0.700 bits per heavy atom. The molecular weight excluding hydrogens is 241 g/mol. The van der Waals surface area contributed by atoms with E-state index in [0.29, 0.717) is 6.54 Å². The van der Waals surface area contributed by atoms with Crippen molar-refractivity contribution in [2.24, 2.45) is 5.73 Å². The molecule has 1 aliphatic carbocycles. The van der Waals surface area contributed by atoms with Crippen LogP contribution in [0.4, 0.5) is 0 Å². The summed E-state index contributed by atoms with van der Waals surface area (Å²) in [4.78, 5) is 0. The number of hydrogen-bond acceptors (Lipinski definition) is 1. The van der Waals surface area contributed by atoms with Gasteiger partial charge in [-0.25, -0.2) is 0 Å². The molecule has 1 rings (SSSR count). The van der Waals surface area contributed by atoms with E-state index >= 15 is 0 Å². The minimum absolute atomic E-state index is 0.521. The molecule has 0 aliphatic heterocycles. The van der Waals surface area contributed by atoms with E-state index in [4.69, 9.17) is 5.73 Å². The van der Waals surface area contributed by atoms with Crippen LogP contribution in [-0.4, -0.2) is 13.8 Å². The van der Waals surface area contributed by atoms with Gasteiger partial charge in [-0.05, 0) is 0 Å². The van der Waals surface area contributed by atoms with Crippen LogP contribution in [0.5, 0.6) is 0 Å². The molecule has 0 aromatic rings. The van der Waals surface area contributed by atoms with Gasteiger partial charge in [-0.2, -0.15) is 5.82 Å². The largest absolute Gasteiger partial charge is 0.320 e. The normalized spacial score (nSPS) is 21.1. The first-order valence-electron chi connectivity index (χ1n) is 9.09. The van der Waals surface area contributed by atoms with Crippen LogP contribution >= 0.6 is 0 Å². The molecular formula is C18H34BN. The highest BCUT2D eigenvalue weighted by Crippen LogP contribution is 2.23. The van der Waals surface area contributed by atoms with E-state index < -0.39 is 0 Å². The minimum atomic E-state index is 0.521. The molecule has 1 saturated carbocycles. The van der Waals surface area contributed by atoms with Gasteiger partial charge in [0.1, 0.15) is 0 Å². The van der Waals surface area contributed by atoms with Gasteiger partial charge in [0.25, 0.3) is 0 Å². The summed E-state index contributed by atoms with van der Waals surface area (Å²) < 4.78 is 0. The molecule has 2 N–H and O–H groups in total. The van der Waals surface area contributed by atoms with Gasteiger partial charge >= 0.3 is 0 Å². The Morgan fingerprint density at radius 2 is 1.10 bits per heavy atom. The van der Waals surface area contributed by atoms with E-state index in [1.54, 1.807) is 0 Å². The Balaban J connectivity index is 2.28. The quantitative estimate of drug-likeness (QED) is 0.549. The molecule has 20 heavy (non-hydrogen) atoms. The van der Waals surface area contributed by atoms with Crippen LogP contribution < -0.4 is 5.73 Å². The fourth-order valence-electron chi connectivity index (χ4n) is 3.27. The van der Waals surface area contributed by atoms with Crippen molar-refractivity contribution in [3.05, 3.63) is 0 Å². The third kappa shape index (κ3) is 10.4. The third-order valence-electron chi connectivity index (χ3n) is 4.59. The first-order valence-corrected chi connectivity index (χ1v) is 9.09. The highest BCUT2D eigenvalue weighted by molar-refractivity contribution is 6.47. The minimum Gasteiger partial charge on any atom is -0.320 e. The van der Waals surface area contributed by atoms with Crippen molar-refractivity contribution in [1.29, 1.82) is 0 Å². The topological polar surface area (TPSA) is 26.0 Å². The Bertz CT molecular complexity index is 250. The summed E-state index contributed by atoms with van der Waals surface area (Å²) in [7, 11) is 1.08. The Hall–Kier alpha value is -0.415. The SMILES string of the molecule is NCC#CBC1CCCCCCCCCCCCCC1. The molecule has 0 saturated heterocycles. The average Bonchev–Trinajstić information content (AvgIpc) is 2.47. The first kappa shape index (κ1) is 17.6. The van der Waals surface area contributed by atoms with E-state index in [-0.39, 0.29) is 0 Å². The van der Waals surface area contributed by atoms with Gasteiger partial charge in [0.15, 0.2) is 0 Å². The molecule has 1 nitrogen and oxygen atoms in total. The fourth-order valence-corrected chi connectivity index (χ4v) is 3.27. The Morgan fingerprint density at radius 3 is 1.50 bits per heavy atom. The number of nitrogens with two attached hydrogens (primary N) is 1. The molecule has 2 heteroatoms. The molecule has 0 aromatic heterocycles. The van der Waals surface area contributed by atoms with E-state index in [9.17, 15) is 0 Å². The lowest BCUT2D eigenvalue weighted by molar-refractivity contribution is 0.546. The van der Waals surface area contributed by atoms with Gasteiger partial charge in [0, 0.05) is 0 Å². The smallest absolute Gasteiger partial charge is 0.216 e. The molecule has 0 aromatic carbocycles. The number of hydrogen-bond donors (Lipinski definition) is 1. The van der Waals surface area contributed by atoms with E-state index in [1.165, 1.54) is 89.9 Å². The lowest BCUT2D eigenvalue weighted by Gasteiger charge is -2.13. The van der Waals surface area contributed by atoms with Gasteiger partial charge in [-0.1, -0.05) is 95.7 Å². The molecule has 1 aliphatic rings. The van der Waals surface area contributed by atoms with Gasteiger partial charge in [-0.15, -0.1) is 5.92 Å². The molecule has 0 heterocycles. The average molecular weight is 275 g/mol. The Kier molecular flexibility index (Phi) is 12.0. The molecule has 0 spiro atoms. The highest BCUT2D eigenvalue weighted by Gasteiger charge is 2.09. The molecule has 0 unspecified atom stereocenters. The first-order chi connectivity index (χ1) is 9.93. The number of rotatable bonds is 1. The predicted octanol–water partition coefficient (Wildman–Crippen LogP) is 4.61. The van der Waals surface area contributed by atoms with Gasteiger partial charge < -0.3 is 5.73 Å². The molecule has 0 amide bonds. The van der Waals surface area contributed by atoms with Crippen LogP contribution in [0.1, 0.15) is 89.9 Å². The maximum absolute atomic E-state index is 5.46. The second-order valence-electron chi connectivity index (χ2n) is 6.45. The third-order valence-corrected chi connectivity index (χ3v) is 4.59. The van der Waals surface area contributed by atoms with Gasteiger partial charge in [-0.3, -0.25) is 0 Å². The van der Waals surface area contributed by atoms with Crippen molar-refractivity contribution < 1.29 is 0 Å². The molecule has 1 fully saturated rings. The van der Waals surface area contributed by atoms with E-state index in [1.807, 2.05) is 0 Å². The van der Waals surface area contributed by atoms with Crippen LogP contribution in [0.15, 0.2) is 0 Å². The van der Waals surface area contributed by atoms with Crippen LogP contribution in [0.3, 0.4) is 0 Å². The standard InChI is InChI=1S/C18H34BN/c20-17-13-16-19-18-14-11-9-7-5-3-1-2-4-6-8-10-12-15-18/h18-19H,1-12,14-15,17,20H2. The van der Waals surface area contributed by atoms with E-state index in [2.05, 4.69) is 11.7 Å². The van der Waals surface area contributed by atoms with Crippen molar-refractivity contribution >= 4 is 7.28 Å². The molecule has 0 atom stereocenters. The second kappa shape index (κ2) is 13.6. The fraction of sp³-hybridized carbons (Fsp3) is 0.889. The van der Waals surface area contributed by atoms with Gasteiger partial charge in [0.05, 0.1) is 6.54 Å². The van der Waals surface area contributed by atoms with Crippen molar-refractivity contribution in [3.8, 4) is 11.7 Å². The lowest BCUT2D eigenvalue weighted by atomic mass is 9.61. The highest BCUT2D eigenvalue weighted by atomic mass is 14.5. The van der Waals surface area contributed by atoms with Crippen molar-refractivity contribution in [3.63, 3.8) is 0 Å². The van der Waals surface area contributed by atoms with E-state index in [0.717, 1.165) is 13.1 Å². The summed E-state index contributed by atoms with van der Waals surface area (Å²) in [5.74, 6) is 7.14. The summed E-state index contributed by atoms with van der Waals surface area (Å²) in [6, 6.07) is 0. The summed E-state index contributed by atoms with van der Waals surface area (Å²) >= 11 is 0. The zero-order valence-corrected chi connectivity index (χ0v) is 13.5. The summed E-state index contributed by atoms with van der Waals surface area (Å²) in [5, 5.41) is 0. The van der Waals surface area contributed by atoms with Gasteiger partial charge in [0.2, 0.25) is 7.28 Å². The summed E-state index contributed by atoms with van der Waals surface area (Å²) in [6.07, 6.45) is 20.1. The monoisotopic (exact) mass is 275 g/mol. The van der Waals surface area contributed by atoms with Crippen LogP contribution in [0.25, 0.3) is 0 Å². The predicted molar refractivity (Wildman–Crippen MR) is 92.4 cm³/mol. The zero-order chi connectivity index (χ0) is 14.3. The van der Waals surface area contributed by atoms with Crippen molar-refractivity contribution in [1.82, 2.24) is 0 Å². The molecule has 114 valence electrons.